The molecule has 0 aliphatic heterocycles. The van der Waals surface area contributed by atoms with Crippen molar-refractivity contribution in [3.05, 3.63) is 24.3 Å². The van der Waals surface area contributed by atoms with Crippen molar-refractivity contribution in [3.8, 4) is 0 Å². The molecule has 1 aliphatic rings. The zero-order valence-corrected chi connectivity index (χ0v) is 15.3. The first-order valence-corrected chi connectivity index (χ1v) is 9.34. The largest absolute Gasteiger partial charge is 0.383 e. The molecule has 25 heavy (non-hydrogen) atoms. The van der Waals surface area contributed by atoms with Crippen LogP contribution in [0.15, 0.2) is 24.3 Å². The molecule has 7 heteroatoms. The molecule has 2 unspecified atom stereocenters. The van der Waals surface area contributed by atoms with Crippen LogP contribution in [-0.2, 0) is 14.3 Å². The lowest BCUT2D eigenvalue weighted by atomic mass is 10.3. The second kappa shape index (κ2) is 7.93. The van der Waals surface area contributed by atoms with Gasteiger partial charge in [-0.25, -0.2) is 4.98 Å². The van der Waals surface area contributed by atoms with Crippen molar-refractivity contribution in [2.24, 2.45) is 11.8 Å². The summed E-state index contributed by atoms with van der Waals surface area (Å²) in [7, 11) is 1.61. The number of para-hydroxylation sites is 1. The third-order valence-electron chi connectivity index (χ3n) is 4.42. The van der Waals surface area contributed by atoms with Gasteiger partial charge in [0.2, 0.25) is 11.8 Å². The van der Waals surface area contributed by atoms with Gasteiger partial charge < -0.3 is 10.1 Å². The summed E-state index contributed by atoms with van der Waals surface area (Å²) in [5.41, 5.74) is 0.883. The third kappa shape index (κ3) is 4.35. The van der Waals surface area contributed by atoms with Crippen molar-refractivity contribution in [2.45, 2.75) is 19.8 Å². The molecule has 0 bridgehead atoms. The summed E-state index contributed by atoms with van der Waals surface area (Å²) < 4.78 is 6.17. The molecule has 2 amide bonds. The summed E-state index contributed by atoms with van der Waals surface area (Å²) in [6, 6.07) is 7.82. The van der Waals surface area contributed by atoms with Crippen molar-refractivity contribution >= 4 is 38.5 Å². The second-order valence-corrected chi connectivity index (χ2v) is 7.37. The van der Waals surface area contributed by atoms with Gasteiger partial charge in [-0.05, 0) is 24.5 Å². The highest BCUT2D eigenvalue weighted by Gasteiger charge is 2.38. The van der Waals surface area contributed by atoms with Crippen LogP contribution in [0, 0.1) is 11.8 Å². The van der Waals surface area contributed by atoms with Gasteiger partial charge in [0.05, 0.1) is 23.4 Å². The van der Waals surface area contributed by atoms with Crippen molar-refractivity contribution in [1.82, 2.24) is 10.3 Å². The zero-order chi connectivity index (χ0) is 17.8. The smallest absolute Gasteiger partial charge is 0.230 e. The number of hydrogen-bond donors (Lipinski definition) is 1. The molecule has 1 fully saturated rings. The number of rotatable bonds is 8. The number of thiazole rings is 1. The molecule has 1 saturated carbocycles. The van der Waals surface area contributed by atoms with Crippen LogP contribution < -0.4 is 10.2 Å². The zero-order valence-electron chi connectivity index (χ0n) is 14.5. The SMILES string of the molecule is COCCN(C(=O)CCNC(=O)C1CC1C)c1nc2ccccc2s1. The summed E-state index contributed by atoms with van der Waals surface area (Å²) in [5.74, 6) is 0.601. The van der Waals surface area contributed by atoms with Crippen LogP contribution >= 0.6 is 11.3 Å². The number of carbonyl (C=O) groups excluding carboxylic acids is 2. The average molecular weight is 361 g/mol. The number of fused-ring (bicyclic) bond motifs is 1. The van der Waals surface area contributed by atoms with E-state index in [0.717, 1.165) is 16.6 Å². The Kier molecular flexibility index (Phi) is 5.65. The number of anilines is 1. The van der Waals surface area contributed by atoms with Gasteiger partial charge in [0.25, 0.3) is 0 Å². The van der Waals surface area contributed by atoms with Gasteiger partial charge >= 0.3 is 0 Å². The molecular formula is C18H23N3O3S. The maximum absolute atomic E-state index is 12.6. The van der Waals surface area contributed by atoms with E-state index >= 15 is 0 Å². The lowest BCUT2D eigenvalue weighted by Gasteiger charge is -2.19. The number of amides is 2. The first-order chi connectivity index (χ1) is 12.1. The maximum Gasteiger partial charge on any atom is 0.230 e. The molecule has 1 N–H and O–H groups in total. The van der Waals surface area contributed by atoms with Crippen LogP contribution in [0.25, 0.3) is 10.2 Å². The molecule has 2 atom stereocenters. The minimum absolute atomic E-state index is 0.0553. The Hall–Kier alpha value is -1.99. The topological polar surface area (TPSA) is 71.5 Å². The summed E-state index contributed by atoms with van der Waals surface area (Å²) in [5, 5.41) is 3.53. The molecule has 0 radical (unpaired) electrons. The molecule has 1 aliphatic carbocycles. The van der Waals surface area contributed by atoms with Crippen LogP contribution in [0.3, 0.4) is 0 Å². The number of methoxy groups -OCH3 is 1. The van der Waals surface area contributed by atoms with E-state index in [1.807, 2.05) is 24.3 Å². The minimum atomic E-state index is -0.0553. The van der Waals surface area contributed by atoms with E-state index < -0.39 is 0 Å². The van der Waals surface area contributed by atoms with Crippen molar-refractivity contribution in [2.75, 3.05) is 31.7 Å². The molecule has 3 rings (SSSR count). The number of nitrogens with one attached hydrogen (secondary N) is 1. The van der Waals surface area contributed by atoms with E-state index in [-0.39, 0.29) is 24.2 Å². The van der Waals surface area contributed by atoms with Gasteiger partial charge in [0.1, 0.15) is 0 Å². The standard InChI is InChI=1S/C18H23N3O3S/c1-12-11-13(12)17(23)19-8-7-16(22)21(9-10-24-2)18-20-14-5-3-4-6-15(14)25-18/h3-6,12-13H,7-11H2,1-2H3,(H,19,23). The number of ether oxygens (including phenoxy) is 1. The van der Waals surface area contributed by atoms with E-state index in [9.17, 15) is 9.59 Å². The van der Waals surface area contributed by atoms with Gasteiger partial charge in [0.15, 0.2) is 5.13 Å². The molecule has 6 nitrogen and oxygen atoms in total. The Morgan fingerprint density at radius 3 is 2.84 bits per heavy atom. The normalized spacial score (nSPS) is 19.0. The van der Waals surface area contributed by atoms with Crippen LogP contribution in [0.5, 0.6) is 0 Å². The summed E-state index contributed by atoms with van der Waals surface area (Å²) >= 11 is 1.49. The molecule has 1 aromatic heterocycles. The average Bonchev–Trinajstić information content (AvgIpc) is 3.18. The Balaban J connectivity index is 1.62. The number of hydrogen-bond acceptors (Lipinski definition) is 5. The summed E-state index contributed by atoms with van der Waals surface area (Å²) in [6.07, 6.45) is 1.21. The Bertz CT molecular complexity index is 728. The van der Waals surface area contributed by atoms with Gasteiger partial charge in [-0.15, -0.1) is 0 Å². The first kappa shape index (κ1) is 17.8. The fourth-order valence-electron chi connectivity index (χ4n) is 2.73. The third-order valence-corrected chi connectivity index (χ3v) is 5.48. The van der Waals surface area contributed by atoms with E-state index in [1.54, 1.807) is 12.0 Å². The molecule has 2 aromatic rings. The summed E-state index contributed by atoms with van der Waals surface area (Å²) in [6.45, 7) is 3.31. The predicted molar refractivity (Wildman–Crippen MR) is 98.7 cm³/mol. The summed E-state index contributed by atoms with van der Waals surface area (Å²) in [4.78, 5) is 30.7. The molecule has 0 saturated heterocycles. The van der Waals surface area contributed by atoms with Gasteiger partial charge in [-0.1, -0.05) is 30.4 Å². The Morgan fingerprint density at radius 2 is 2.16 bits per heavy atom. The number of carbonyl (C=O) groups is 2. The predicted octanol–water partition coefficient (Wildman–Crippen LogP) is 2.44. The van der Waals surface area contributed by atoms with Crippen molar-refractivity contribution in [3.63, 3.8) is 0 Å². The first-order valence-electron chi connectivity index (χ1n) is 8.52. The van der Waals surface area contributed by atoms with E-state index in [1.165, 1.54) is 11.3 Å². The molecule has 134 valence electrons. The molecule has 1 heterocycles. The number of nitrogens with zero attached hydrogens (tertiary/aromatic N) is 2. The van der Waals surface area contributed by atoms with Gasteiger partial charge in [0, 0.05) is 26.0 Å². The van der Waals surface area contributed by atoms with Gasteiger partial charge in [-0.2, -0.15) is 0 Å². The lowest BCUT2D eigenvalue weighted by Crippen LogP contribution is -2.37. The highest BCUT2D eigenvalue weighted by atomic mass is 32.1. The van der Waals surface area contributed by atoms with Crippen LogP contribution in [0.2, 0.25) is 0 Å². The van der Waals surface area contributed by atoms with Crippen molar-refractivity contribution in [1.29, 1.82) is 0 Å². The van der Waals surface area contributed by atoms with Crippen molar-refractivity contribution < 1.29 is 14.3 Å². The van der Waals surface area contributed by atoms with Crippen LogP contribution in [0.4, 0.5) is 5.13 Å². The van der Waals surface area contributed by atoms with E-state index in [0.29, 0.717) is 30.7 Å². The maximum atomic E-state index is 12.6. The van der Waals surface area contributed by atoms with E-state index in [2.05, 4.69) is 17.2 Å². The Labute approximate surface area is 151 Å². The molecule has 0 spiro atoms. The minimum Gasteiger partial charge on any atom is -0.383 e. The van der Waals surface area contributed by atoms with Gasteiger partial charge in [-0.3, -0.25) is 14.5 Å². The fraction of sp³-hybridized carbons (Fsp3) is 0.500. The van der Waals surface area contributed by atoms with E-state index in [4.69, 9.17) is 4.74 Å². The number of benzene rings is 1. The Morgan fingerprint density at radius 1 is 1.40 bits per heavy atom. The highest BCUT2D eigenvalue weighted by molar-refractivity contribution is 7.22. The van der Waals surface area contributed by atoms with Crippen LogP contribution in [-0.4, -0.2) is 43.6 Å². The second-order valence-electron chi connectivity index (χ2n) is 6.36. The quantitative estimate of drug-likeness (QED) is 0.784. The lowest BCUT2D eigenvalue weighted by molar-refractivity contribution is -0.122. The highest BCUT2D eigenvalue weighted by Crippen LogP contribution is 2.37. The molecular weight excluding hydrogens is 338 g/mol. The monoisotopic (exact) mass is 361 g/mol. The number of aromatic nitrogens is 1. The van der Waals surface area contributed by atoms with Crippen LogP contribution in [0.1, 0.15) is 19.8 Å². The fourth-order valence-corrected chi connectivity index (χ4v) is 3.74. The molecule has 1 aromatic carbocycles.